The smallest absolute Gasteiger partial charge is 0.270 e. The summed E-state index contributed by atoms with van der Waals surface area (Å²) in [6.07, 6.45) is 6.42. The Bertz CT molecular complexity index is 846. The van der Waals surface area contributed by atoms with Gasteiger partial charge in [0.25, 0.3) is 5.91 Å². The van der Waals surface area contributed by atoms with Crippen LogP contribution in [-0.4, -0.2) is 32.9 Å². The van der Waals surface area contributed by atoms with E-state index >= 15 is 0 Å². The molecule has 0 atom stereocenters. The van der Waals surface area contributed by atoms with Crippen LogP contribution in [-0.2, 0) is 17.8 Å². The van der Waals surface area contributed by atoms with Crippen molar-refractivity contribution in [1.29, 1.82) is 0 Å². The number of hydrogen-bond acceptors (Lipinski definition) is 5. The minimum atomic E-state index is -0.240. The minimum Gasteiger partial charge on any atom is -0.351 e. The van der Waals surface area contributed by atoms with E-state index in [4.69, 9.17) is 0 Å². The van der Waals surface area contributed by atoms with Gasteiger partial charge in [-0.1, -0.05) is 30.3 Å². The number of benzene rings is 1. The fourth-order valence-electron chi connectivity index (χ4n) is 2.35. The predicted octanol–water partition coefficient (Wildman–Crippen LogP) is 2.34. The molecule has 0 saturated carbocycles. The molecular formula is C18H19N5O2S. The van der Waals surface area contributed by atoms with Crippen molar-refractivity contribution < 1.29 is 9.59 Å². The number of aryl methyl sites for hydroxylation is 1. The number of hydrogen-bond donors (Lipinski definition) is 2. The van der Waals surface area contributed by atoms with Gasteiger partial charge in [-0.3, -0.25) is 9.59 Å². The number of carbonyl (C=O) groups is 2. The fourth-order valence-corrected chi connectivity index (χ4v) is 3.06. The van der Waals surface area contributed by atoms with E-state index < -0.39 is 0 Å². The summed E-state index contributed by atoms with van der Waals surface area (Å²) in [6.45, 7) is 1.34. The van der Waals surface area contributed by atoms with Crippen LogP contribution in [0.2, 0.25) is 0 Å². The molecule has 3 rings (SSSR count). The molecule has 0 fully saturated rings. The van der Waals surface area contributed by atoms with E-state index in [0.717, 1.165) is 18.5 Å². The van der Waals surface area contributed by atoms with Gasteiger partial charge in [0.2, 0.25) is 5.91 Å². The van der Waals surface area contributed by atoms with Crippen LogP contribution in [0.3, 0.4) is 0 Å². The summed E-state index contributed by atoms with van der Waals surface area (Å²) >= 11 is 1.24. The highest BCUT2D eigenvalue weighted by atomic mass is 32.1. The molecule has 2 N–H and O–H groups in total. The first-order valence-electron chi connectivity index (χ1n) is 8.24. The maximum absolute atomic E-state index is 12.1. The molecule has 0 aliphatic carbocycles. The Balaban J connectivity index is 1.43. The first kappa shape index (κ1) is 17.8. The lowest BCUT2D eigenvalue weighted by atomic mass is 10.1. The van der Waals surface area contributed by atoms with E-state index in [0.29, 0.717) is 17.4 Å². The van der Waals surface area contributed by atoms with Gasteiger partial charge in [-0.05, 0) is 12.0 Å². The van der Waals surface area contributed by atoms with Crippen LogP contribution in [0.4, 0.5) is 5.13 Å². The van der Waals surface area contributed by atoms with Crippen LogP contribution in [0.5, 0.6) is 0 Å². The van der Waals surface area contributed by atoms with Crippen LogP contribution in [0.15, 0.2) is 54.4 Å². The van der Waals surface area contributed by atoms with Gasteiger partial charge in [0, 0.05) is 30.9 Å². The van der Waals surface area contributed by atoms with E-state index in [1.54, 1.807) is 17.9 Å². The molecule has 0 bridgehead atoms. The molecule has 3 aromatic rings. The van der Waals surface area contributed by atoms with Crippen molar-refractivity contribution in [2.24, 2.45) is 0 Å². The van der Waals surface area contributed by atoms with Crippen molar-refractivity contribution in [2.75, 3.05) is 11.9 Å². The number of thiazole rings is 1. The number of carbonyl (C=O) groups excluding carboxylic acids is 2. The topological polar surface area (TPSA) is 88.9 Å². The van der Waals surface area contributed by atoms with Crippen LogP contribution in [0.1, 0.15) is 22.5 Å². The van der Waals surface area contributed by atoms with Crippen LogP contribution in [0, 0.1) is 0 Å². The van der Waals surface area contributed by atoms with E-state index in [9.17, 15) is 9.59 Å². The number of imidazole rings is 1. The van der Waals surface area contributed by atoms with Gasteiger partial charge in [0.1, 0.15) is 5.69 Å². The average Bonchev–Trinajstić information content (AvgIpc) is 3.31. The normalized spacial score (nSPS) is 10.5. The largest absolute Gasteiger partial charge is 0.351 e. The van der Waals surface area contributed by atoms with Crippen molar-refractivity contribution in [1.82, 2.24) is 19.9 Å². The van der Waals surface area contributed by atoms with Gasteiger partial charge < -0.3 is 15.2 Å². The molecule has 134 valence electrons. The van der Waals surface area contributed by atoms with E-state index in [2.05, 4.69) is 20.6 Å². The van der Waals surface area contributed by atoms with Gasteiger partial charge in [-0.2, -0.15) is 0 Å². The Hall–Kier alpha value is -3.00. The summed E-state index contributed by atoms with van der Waals surface area (Å²) in [6, 6.07) is 9.47. The summed E-state index contributed by atoms with van der Waals surface area (Å²) in [5.41, 5.74) is 1.24. The average molecular weight is 369 g/mol. The van der Waals surface area contributed by atoms with Crippen molar-refractivity contribution in [3.63, 3.8) is 0 Å². The van der Waals surface area contributed by atoms with Gasteiger partial charge >= 0.3 is 0 Å². The number of anilines is 1. The summed E-state index contributed by atoms with van der Waals surface area (Å²) < 4.78 is 1.95. The third kappa shape index (κ3) is 5.25. The number of aromatic nitrogens is 3. The first-order valence-corrected chi connectivity index (χ1v) is 9.12. The quantitative estimate of drug-likeness (QED) is 0.597. The number of nitrogens with one attached hydrogen (secondary N) is 2. The predicted molar refractivity (Wildman–Crippen MR) is 100 cm³/mol. The summed E-state index contributed by atoms with van der Waals surface area (Å²) in [5.74, 6) is -0.395. The number of amides is 2. The zero-order chi connectivity index (χ0) is 18.2. The van der Waals surface area contributed by atoms with E-state index in [-0.39, 0.29) is 18.2 Å². The Kier molecular flexibility index (Phi) is 6.10. The molecule has 8 heteroatoms. The highest BCUT2D eigenvalue weighted by Gasteiger charge is 2.12. The number of nitrogens with zero attached hydrogens (tertiary/aromatic N) is 3. The van der Waals surface area contributed by atoms with Crippen LogP contribution < -0.4 is 10.6 Å². The molecule has 2 amide bonds. The van der Waals surface area contributed by atoms with Crippen molar-refractivity contribution in [3.8, 4) is 0 Å². The molecule has 7 nitrogen and oxygen atoms in total. The second kappa shape index (κ2) is 8.91. The zero-order valence-corrected chi connectivity index (χ0v) is 14.9. The van der Waals surface area contributed by atoms with Crippen LogP contribution in [0.25, 0.3) is 0 Å². The second-order valence-electron chi connectivity index (χ2n) is 5.66. The third-order valence-electron chi connectivity index (χ3n) is 3.63. The lowest BCUT2D eigenvalue weighted by molar-refractivity contribution is -0.115. The van der Waals surface area contributed by atoms with Gasteiger partial charge in [-0.25, -0.2) is 9.97 Å². The Morgan fingerprint density at radius 2 is 2.04 bits per heavy atom. The molecule has 2 heterocycles. The standard InChI is InChI=1S/C18H19N5O2S/c24-16(11-14-5-2-1-3-6-14)22-18-21-15(12-26-18)17(25)20-7-4-9-23-10-8-19-13-23/h1-3,5-6,8,10,12-13H,4,7,9,11H2,(H,20,25)(H,21,22,24). The summed E-state index contributed by atoms with van der Waals surface area (Å²) in [4.78, 5) is 32.3. The molecule has 0 unspecified atom stereocenters. The zero-order valence-electron chi connectivity index (χ0n) is 14.1. The Morgan fingerprint density at radius 3 is 2.81 bits per heavy atom. The van der Waals surface area contributed by atoms with Crippen molar-refractivity contribution in [2.45, 2.75) is 19.4 Å². The molecule has 1 aromatic carbocycles. The number of rotatable bonds is 8. The maximum Gasteiger partial charge on any atom is 0.270 e. The van der Waals surface area contributed by atoms with Gasteiger partial charge in [0.05, 0.1) is 12.7 Å². The molecule has 2 aromatic heterocycles. The highest BCUT2D eigenvalue weighted by molar-refractivity contribution is 7.14. The van der Waals surface area contributed by atoms with Gasteiger partial charge in [0.15, 0.2) is 5.13 Å². The van der Waals surface area contributed by atoms with E-state index in [1.807, 2.05) is 41.1 Å². The molecule has 0 aliphatic heterocycles. The molecule has 26 heavy (non-hydrogen) atoms. The van der Waals surface area contributed by atoms with Crippen molar-refractivity contribution >= 4 is 28.3 Å². The Labute approximate surface area is 155 Å². The second-order valence-corrected chi connectivity index (χ2v) is 6.52. The molecule has 0 spiro atoms. The lowest BCUT2D eigenvalue weighted by Gasteiger charge is -2.04. The highest BCUT2D eigenvalue weighted by Crippen LogP contribution is 2.15. The lowest BCUT2D eigenvalue weighted by Crippen LogP contribution is -2.25. The first-order chi connectivity index (χ1) is 12.7. The molecule has 0 aliphatic rings. The van der Waals surface area contributed by atoms with Crippen molar-refractivity contribution in [3.05, 3.63) is 65.7 Å². The molecular weight excluding hydrogens is 350 g/mol. The minimum absolute atomic E-state index is 0.155. The SMILES string of the molecule is O=C(Cc1ccccc1)Nc1nc(C(=O)NCCCn2ccnc2)cs1. The van der Waals surface area contributed by atoms with Gasteiger partial charge in [-0.15, -0.1) is 11.3 Å². The maximum atomic E-state index is 12.1. The Morgan fingerprint density at radius 1 is 1.19 bits per heavy atom. The molecule has 0 radical (unpaired) electrons. The monoisotopic (exact) mass is 369 g/mol. The van der Waals surface area contributed by atoms with E-state index in [1.165, 1.54) is 11.3 Å². The summed E-state index contributed by atoms with van der Waals surface area (Å²) in [5, 5.41) is 7.62. The van der Waals surface area contributed by atoms with Crippen LogP contribution >= 0.6 is 11.3 Å². The third-order valence-corrected chi connectivity index (χ3v) is 4.39. The fraction of sp³-hybridized carbons (Fsp3) is 0.222. The summed E-state index contributed by atoms with van der Waals surface area (Å²) in [7, 11) is 0. The molecule has 0 saturated heterocycles.